The van der Waals surface area contributed by atoms with Crippen LogP contribution >= 0.6 is 0 Å². The summed E-state index contributed by atoms with van der Waals surface area (Å²) in [6.07, 6.45) is 11.1. The van der Waals surface area contributed by atoms with Crippen molar-refractivity contribution < 1.29 is 28.9 Å². The van der Waals surface area contributed by atoms with Crippen molar-refractivity contribution in [2.45, 2.75) is 46.6 Å². The van der Waals surface area contributed by atoms with Crippen molar-refractivity contribution in [1.82, 2.24) is 9.97 Å². The summed E-state index contributed by atoms with van der Waals surface area (Å²) in [6, 6.07) is 8.55. The van der Waals surface area contributed by atoms with E-state index in [1.165, 1.54) is 29.6 Å². The maximum atomic E-state index is 15.8. The van der Waals surface area contributed by atoms with Gasteiger partial charge >= 0.3 is 0 Å². The molecule has 0 saturated heterocycles. The molecule has 9 nitrogen and oxygen atoms in total. The van der Waals surface area contributed by atoms with Crippen LogP contribution in [0.5, 0.6) is 11.5 Å². The number of phenolic OH excluding ortho intramolecular Hbond substituents is 1. The summed E-state index contributed by atoms with van der Waals surface area (Å²) < 4.78 is 21.2. The summed E-state index contributed by atoms with van der Waals surface area (Å²) in [4.78, 5) is 31.8. The lowest BCUT2D eigenvalue weighted by molar-refractivity contribution is -0.0980. The number of nitrogens with one attached hydrogen (secondary N) is 1. The van der Waals surface area contributed by atoms with Gasteiger partial charge in [0.05, 0.1) is 17.9 Å². The Hall–Kier alpha value is -4.75. The maximum absolute atomic E-state index is 15.8. The minimum Gasteiger partial charge on any atom is -0.506 e. The lowest BCUT2D eigenvalue weighted by Crippen LogP contribution is -2.36. The smallest absolute Gasteiger partial charge is 0.279 e. The number of amides is 1. The van der Waals surface area contributed by atoms with E-state index in [1.54, 1.807) is 30.3 Å². The number of anilines is 2. The van der Waals surface area contributed by atoms with Crippen molar-refractivity contribution in [3.8, 4) is 23.8 Å². The van der Waals surface area contributed by atoms with E-state index in [0.29, 0.717) is 17.8 Å². The summed E-state index contributed by atoms with van der Waals surface area (Å²) in [6.45, 7) is 10.3. The van der Waals surface area contributed by atoms with Gasteiger partial charge in [-0.1, -0.05) is 39.2 Å². The number of terminal acetylenes is 1. The Morgan fingerprint density at radius 2 is 1.95 bits per heavy atom. The van der Waals surface area contributed by atoms with Gasteiger partial charge in [-0.2, -0.15) is 0 Å². The van der Waals surface area contributed by atoms with E-state index < -0.39 is 17.8 Å². The maximum Gasteiger partial charge on any atom is 0.279 e. The molecule has 1 aromatic heterocycles. The first-order valence-corrected chi connectivity index (χ1v) is 13.1. The standard InChI is InChI=1S/C30H31FN4O3.CH4O.CH2O/c1-6-15-38-20-11-12-21(22(31)16-20)28-19(3)23(17-30(4,5)7-2)34-27-25(9-8-10-26(27)36)35(28)29(37)24-18-32-13-14-33-24;2*1-2/h1,8-14,16,18,28,34,36H,7,15,17H2,2-5H3;2H,1H3;1H2. The van der Waals surface area contributed by atoms with Gasteiger partial charge in [-0.3, -0.25) is 14.7 Å². The molecule has 1 aliphatic heterocycles. The van der Waals surface area contributed by atoms with Crippen LogP contribution in [0.1, 0.15) is 62.6 Å². The van der Waals surface area contributed by atoms with Crippen LogP contribution in [-0.4, -0.2) is 46.6 Å². The number of ether oxygens (including phenoxy) is 1. The van der Waals surface area contributed by atoms with Crippen LogP contribution in [0.2, 0.25) is 0 Å². The average Bonchev–Trinajstić information content (AvgIpc) is 3.13. The number of fused-ring (bicyclic) bond motifs is 1. The number of aliphatic hydroxyl groups excluding tert-OH is 1. The topological polar surface area (TPSA) is 125 Å². The average molecular weight is 577 g/mol. The fraction of sp³-hybridized carbons (Fsp3) is 0.312. The number of halogens is 1. The third kappa shape index (κ3) is 7.50. The Bertz CT molecular complexity index is 1440. The Balaban J connectivity index is 0.00000148. The fourth-order valence-electron chi connectivity index (χ4n) is 4.47. The van der Waals surface area contributed by atoms with Gasteiger partial charge < -0.3 is 25.1 Å². The predicted octanol–water partition coefficient (Wildman–Crippen LogP) is 5.67. The molecule has 1 aliphatic rings. The number of benzene rings is 2. The molecule has 0 fully saturated rings. The molecule has 222 valence electrons. The van der Waals surface area contributed by atoms with Gasteiger partial charge in [-0.15, -0.1) is 6.42 Å². The molecule has 2 heterocycles. The van der Waals surface area contributed by atoms with Crippen molar-refractivity contribution in [3.05, 3.63) is 83.3 Å². The van der Waals surface area contributed by atoms with Crippen LogP contribution in [0, 0.1) is 23.6 Å². The highest BCUT2D eigenvalue weighted by molar-refractivity contribution is 6.08. The zero-order valence-electron chi connectivity index (χ0n) is 24.5. The molecular formula is C32H37FN4O5. The minimum atomic E-state index is -0.857. The fourth-order valence-corrected chi connectivity index (χ4v) is 4.47. The number of carbonyl (C=O) groups is 2. The third-order valence-corrected chi connectivity index (χ3v) is 6.90. The molecule has 42 heavy (non-hydrogen) atoms. The minimum absolute atomic E-state index is 0.00521. The second-order valence-corrected chi connectivity index (χ2v) is 10.00. The number of hydrogen-bond donors (Lipinski definition) is 3. The van der Waals surface area contributed by atoms with Gasteiger partial charge in [-0.25, -0.2) is 9.37 Å². The second kappa shape index (κ2) is 15.3. The van der Waals surface area contributed by atoms with Crippen molar-refractivity contribution >= 4 is 24.1 Å². The van der Waals surface area contributed by atoms with Crippen LogP contribution in [0.15, 0.2) is 66.3 Å². The highest BCUT2D eigenvalue weighted by Gasteiger charge is 2.38. The Labute approximate surface area is 246 Å². The van der Waals surface area contributed by atoms with E-state index in [9.17, 15) is 9.90 Å². The number of aromatic hydroxyl groups is 1. The van der Waals surface area contributed by atoms with E-state index in [-0.39, 0.29) is 34.8 Å². The highest BCUT2D eigenvalue weighted by Crippen LogP contribution is 2.48. The number of hydrogen-bond acceptors (Lipinski definition) is 8. The predicted molar refractivity (Wildman–Crippen MR) is 161 cm³/mol. The van der Waals surface area contributed by atoms with Gasteiger partial charge in [-0.05, 0) is 48.6 Å². The molecule has 3 aromatic rings. The largest absolute Gasteiger partial charge is 0.506 e. The number of nitrogens with zero attached hydrogens (tertiary/aromatic N) is 3. The molecule has 1 atom stereocenters. The zero-order chi connectivity index (χ0) is 31.4. The first-order chi connectivity index (χ1) is 20.2. The van der Waals surface area contributed by atoms with Crippen LogP contribution < -0.4 is 15.0 Å². The van der Waals surface area contributed by atoms with Crippen molar-refractivity contribution in [1.29, 1.82) is 0 Å². The molecular weight excluding hydrogens is 539 g/mol. The molecule has 4 rings (SSSR count). The Kier molecular flexibility index (Phi) is 12.2. The van der Waals surface area contributed by atoms with Gasteiger partial charge in [0.2, 0.25) is 0 Å². The van der Waals surface area contributed by atoms with E-state index in [4.69, 9.17) is 21.1 Å². The van der Waals surface area contributed by atoms with Gasteiger partial charge in [0.15, 0.2) is 0 Å². The quantitative estimate of drug-likeness (QED) is 0.243. The van der Waals surface area contributed by atoms with Crippen molar-refractivity contribution in [3.63, 3.8) is 0 Å². The van der Waals surface area contributed by atoms with Gasteiger partial charge in [0, 0.05) is 36.8 Å². The van der Waals surface area contributed by atoms with Gasteiger partial charge in [0.25, 0.3) is 5.91 Å². The molecule has 10 heteroatoms. The number of rotatable bonds is 7. The number of aromatic nitrogens is 2. The second-order valence-electron chi connectivity index (χ2n) is 10.00. The summed E-state index contributed by atoms with van der Waals surface area (Å²) in [5.74, 6) is 1.58. The lowest BCUT2D eigenvalue weighted by Gasteiger charge is -2.33. The Morgan fingerprint density at radius 1 is 1.24 bits per heavy atom. The van der Waals surface area contributed by atoms with Crippen LogP contribution in [0.25, 0.3) is 0 Å². The molecule has 0 spiro atoms. The molecule has 1 amide bonds. The van der Waals surface area contributed by atoms with Gasteiger partial charge in [0.1, 0.15) is 42.1 Å². The van der Waals surface area contributed by atoms with E-state index in [0.717, 1.165) is 24.8 Å². The molecule has 0 aliphatic carbocycles. The van der Waals surface area contributed by atoms with Crippen molar-refractivity contribution in [2.24, 2.45) is 5.41 Å². The number of allylic oxidation sites excluding steroid dienone is 1. The normalized spacial score (nSPS) is 14.0. The van der Waals surface area contributed by atoms with Crippen LogP contribution in [0.3, 0.4) is 0 Å². The molecule has 2 aromatic carbocycles. The molecule has 3 N–H and O–H groups in total. The first kappa shape index (κ1) is 33.5. The van der Waals surface area contributed by atoms with Crippen molar-refractivity contribution in [2.75, 3.05) is 23.9 Å². The first-order valence-electron chi connectivity index (χ1n) is 13.1. The number of para-hydroxylation sites is 1. The van der Waals surface area contributed by atoms with Crippen LogP contribution in [-0.2, 0) is 4.79 Å². The number of aliphatic hydroxyl groups is 1. The monoisotopic (exact) mass is 576 g/mol. The van der Waals surface area contributed by atoms with E-state index >= 15 is 4.39 Å². The Morgan fingerprint density at radius 3 is 2.55 bits per heavy atom. The summed E-state index contributed by atoms with van der Waals surface area (Å²) in [7, 11) is 1.00. The third-order valence-electron chi connectivity index (χ3n) is 6.90. The summed E-state index contributed by atoms with van der Waals surface area (Å²) in [5.41, 5.74) is 2.53. The molecule has 0 bridgehead atoms. The molecule has 0 radical (unpaired) electrons. The molecule has 1 unspecified atom stereocenters. The van der Waals surface area contributed by atoms with E-state index in [2.05, 4.69) is 42.0 Å². The SMILES string of the molecule is C#CCOc1ccc(C2C(C)=C(CC(C)(C)CC)Nc3c(O)cccc3N2C(=O)c2cnccn2)c(F)c1.C=O.CO. The number of carbonyl (C=O) groups excluding carboxylic acids is 2. The zero-order valence-corrected chi connectivity index (χ0v) is 24.5. The van der Waals surface area contributed by atoms with Crippen LogP contribution in [0.4, 0.5) is 15.8 Å². The highest BCUT2D eigenvalue weighted by atomic mass is 19.1. The molecule has 0 saturated carbocycles. The summed E-state index contributed by atoms with van der Waals surface area (Å²) in [5, 5.41) is 21.3. The summed E-state index contributed by atoms with van der Waals surface area (Å²) >= 11 is 0. The number of phenols is 1. The lowest BCUT2D eigenvalue weighted by atomic mass is 9.83. The van der Waals surface area contributed by atoms with E-state index in [1.807, 2.05) is 13.7 Å².